The Hall–Kier alpha value is -7.35. The maximum Gasteiger partial charge on any atom is 0.410 e. The molecule has 8 aromatic heterocycles. The number of rotatable bonds is 15. The molecule has 3 aliphatic rings. The number of likely N-dealkylation sites (tertiary alicyclic amines) is 3. The minimum absolute atomic E-state index is 0.00415. The summed E-state index contributed by atoms with van der Waals surface area (Å²) in [6.45, 7) is 21.3. The van der Waals surface area contributed by atoms with Crippen molar-refractivity contribution in [3.8, 4) is 22.5 Å². The lowest BCUT2D eigenvalue weighted by molar-refractivity contribution is -0.137. The first-order valence-corrected chi connectivity index (χ1v) is 28.6. The zero-order valence-corrected chi connectivity index (χ0v) is 47.6. The first kappa shape index (κ1) is 55.0. The van der Waals surface area contributed by atoms with Crippen LogP contribution in [0.25, 0.3) is 33.8 Å². The number of imidazole rings is 2. The third-order valence-electron chi connectivity index (χ3n) is 14.1. The molecule has 25 heteroatoms. The van der Waals surface area contributed by atoms with Crippen LogP contribution in [0.2, 0.25) is 0 Å². The Balaban J connectivity index is 0.000000188. The van der Waals surface area contributed by atoms with Gasteiger partial charge in [0.15, 0.2) is 22.9 Å². The summed E-state index contributed by atoms with van der Waals surface area (Å²) in [6, 6.07) is 4.20. The third kappa shape index (κ3) is 14.1. The second-order valence-corrected chi connectivity index (χ2v) is 23.9. The van der Waals surface area contributed by atoms with Crippen molar-refractivity contribution in [2.24, 2.45) is 11.8 Å². The van der Waals surface area contributed by atoms with Gasteiger partial charge in [0.05, 0.1) is 59.0 Å². The number of carboxylic acids is 1. The number of carbonyl (C=O) groups excluding carboxylic acids is 2. The predicted molar refractivity (Wildman–Crippen MR) is 303 cm³/mol. The first-order chi connectivity index (χ1) is 37.9. The highest BCUT2D eigenvalue weighted by Gasteiger charge is 2.28. The third-order valence-corrected chi connectivity index (χ3v) is 15.5. The van der Waals surface area contributed by atoms with Crippen molar-refractivity contribution in [3.63, 3.8) is 0 Å². The minimum Gasteiger partial charge on any atom is -0.480 e. The number of fused-ring (bicyclic) bond motifs is 2. The van der Waals surface area contributed by atoms with Crippen molar-refractivity contribution in [2.75, 3.05) is 49.9 Å². The van der Waals surface area contributed by atoms with E-state index < -0.39 is 11.6 Å². The summed E-state index contributed by atoms with van der Waals surface area (Å²) >= 11 is 2.86. The summed E-state index contributed by atoms with van der Waals surface area (Å²) in [7, 11) is 0. The standard InChI is InChI=1S/C32H44N10O3S.C22H26N8O2S/c1-21-7-6-10-39(16-21)19-25-13-28(46-38-25)37-29-30-33-15-26(42(30)17-22(2)35-29)23-14-34-41(18-23)20-27(43)36-24-8-11-40(12-9-24)31(44)45-32(3,4)5;1-14-4-3-5-28(9-14)12-17-6-19(33-27-17)26-21-22-23-8-18(30(22)10-15(2)25-21)16-7-24-29(11-16)13-20(31)32/h13-15,17-18,21,24H,6-12,16,19-20H2,1-5H3,(H,35,37)(H,36,43);6-8,10-11,14H,3-5,9,12-13H2,1-2H3,(H,25,26)(H,31,32). The van der Waals surface area contributed by atoms with Crippen molar-refractivity contribution in [2.45, 2.75) is 125 Å². The normalized spacial score (nSPS) is 17.7. The summed E-state index contributed by atoms with van der Waals surface area (Å²) in [4.78, 5) is 61.5. The zero-order valence-electron chi connectivity index (χ0n) is 45.9. The Kier molecular flexibility index (Phi) is 16.7. The van der Waals surface area contributed by atoms with E-state index in [-0.39, 0.29) is 31.1 Å². The largest absolute Gasteiger partial charge is 0.480 e. The molecule has 79 heavy (non-hydrogen) atoms. The Morgan fingerprint density at radius 2 is 1.18 bits per heavy atom. The molecule has 2 unspecified atom stereocenters. The van der Waals surface area contributed by atoms with Crippen LogP contribution in [0.5, 0.6) is 0 Å². The Labute approximate surface area is 466 Å². The quantitative estimate of drug-likeness (QED) is 0.0754. The van der Waals surface area contributed by atoms with Crippen molar-refractivity contribution < 1.29 is 24.2 Å². The lowest BCUT2D eigenvalue weighted by atomic mass is 10.0. The van der Waals surface area contributed by atoms with Crippen LogP contribution in [0, 0.1) is 25.7 Å². The van der Waals surface area contributed by atoms with E-state index in [4.69, 9.17) is 14.8 Å². The first-order valence-electron chi connectivity index (χ1n) is 27.1. The van der Waals surface area contributed by atoms with E-state index >= 15 is 0 Å². The van der Waals surface area contributed by atoms with Gasteiger partial charge in [0.1, 0.15) is 28.7 Å². The van der Waals surface area contributed by atoms with E-state index in [0.29, 0.717) is 48.9 Å². The van der Waals surface area contributed by atoms with Gasteiger partial charge in [0.25, 0.3) is 0 Å². The molecule has 23 nitrogen and oxygen atoms in total. The molecule has 418 valence electrons. The van der Waals surface area contributed by atoms with Crippen LogP contribution in [0.15, 0.2) is 61.7 Å². The van der Waals surface area contributed by atoms with E-state index in [9.17, 15) is 14.4 Å². The summed E-state index contributed by atoms with van der Waals surface area (Å²) in [5.41, 5.74) is 7.96. The molecule has 11 heterocycles. The Morgan fingerprint density at radius 3 is 1.65 bits per heavy atom. The highest BCUT2D eigenvalue weighted by atomic mass is 32.1. The molecule has 3 aliphatic heterocycles. The minimum atomic E-state index is -0.937. The molecule has 2 atom stereocenters. The van der Waals surface area contributed by atoms with E-state index in [1.54, 1.807) is 40.6 Å². The summed E-state index contributed by atoms with van der Waals surface area (Å²) in [5.74, 6) is 1.74. The van der Waals surface area contributed by atoms with Gasteiger partial charge in [0, 0.05) is 81.2 Å². The topological polar surface area (TPSA) is 248 Å². The molecule has 0 radical (unpaired) electrons. The summed E-state index contributed by atoms with van der Waals surface area (Å²) < 4.78 is 21.8. The number of nitrogens with zero attached hydrogens (tertiary/aromatic N) is 15. The van der Waals surface area contributed by atoms with Crippen LogP contribution >= 0.6 is 23.1 Å². The SMILES string of the molecule is Cc1cn2c(-c3cnn(CC(=O)NC4CCN(C(=O)OC(C)(C)C)CC4)c3)cnc2c(Nc2cc(CN3CCCC(C)C3)ns2)n1.Cc1cn2c(-c3cnn(CC(=O)O)c3)cnc2c(Nc2cc(CN3CCCC(C)C3)ns2)n1. The molecule has 0 bridgehead atoms. The molecule has 0 aliphatic carbocycles. The number of piperidine rings is 3. The summed E-state index contributed by atoms with van der Waals surface area (Å²) in [5, 5.41) is 29.4. The predicted octanol–water partition coefficient (Wildman–Crippen LogP) is 8.27. The van der Waals surface area contributed by atoms with Crippen molar-refractivity contribution in [1.82, 2.24) is 77.1 Å². The number of carbonyl (C=O) groups is 3. The molecule has 11 rings (SSSR count). The number of ether oxygens (including phenoxy) is 1. The average molecular weight is 1120 g/mol. The van der Waals surface area contributed by atoms with Crippen LogP contribution < -0.4 is 16.0 Å². The number of carboxylic acid groups (broad SMARTS) is 1. The van der Waals surface area contributed by atoms with Crippen LogP contribution in [0.1, 0.15) is 95.9 Å². The van der Waals surface area contributed by atoms with Gasteiger partial charge >= 0.3 is 12.1 Å². The number of aromatic nitrogens is 12. The second-order valence-electron chi connectivity index (χ2n) is 22.3. The maximum atomic E-state index is 12.9. The van der Waals surface area contributed by atoms with Gasteiger partial charge in [-0.25, -0.2) is 24.7 Å². The molecule has 0 saturated carbocycles. The van der Waals surface area contributed by atoms with Gasteiger partial charge < -0.3 is 30.7 Å². The second kappa shape index (κ2) is 23.9. The zero-order chi connectivity index (χ0) is 55.4. The molecular formula is C54H70N18O5S2. The molecule has 4 N–H and O–H groups in total. The fourth-order valence-corrected chi connectivity index (χ4v) is 11.8. The molecule has 2 amide bonds. The fourth-order valence-electron chi connectivity index (χ4n) is 10.5. The molecule has 0 aromatic carbocycles. The van der Waals surface area contributed by atoms with Gasteiger partial charge in [-0.1, -0.05) is 13.8 Å². The smallest absolute Gasteiger partial charge is 0.410 e. The number of anilines is 4. The number of hydrogen-bond donors (Lipinski definition) is 4. The highest BCUT2D eigenvalue weighted by molar-refractivity contribution is 7.10. The van der Waals surface area contributed by atoms with Gasteiger partial charge in [-0.05, 0) is 133 Å². The molecular weight excluding hydrogens is 1040 g/mol. The number of hydrogen-bond acceptors (Lipinski definition) is 18. The van der Waals surface area contributed by atoms with Crippen LogP contribution in [0.3, 0.4) is 0 Å². The molecule has 8 aromatic rings. The monoisotopic (exact) mass is 1110 g/mol. The fraction of sp³-hybridized carbons (Fsp3) is 0.500. The molecule has 0 spiro atoms. The van der Waals surface area contributed by atoms with Crippen molar-refractivity contribution >= 4 is 74.0 Å². The number of nitrogens with one attached hydrogen (secondary N) is 3. The van der Waals surface area contributed by atoms with Crippen molar-refractivity contribution in [1.29, 1.82) is 0 Å². The van der Waals surface area contributed by atoms with E-state index in [1.807, 2.05) is 62.0 Å². The van der Waals surface area contributed by atoms with Crippen LogP contribution in [-0.2, 0) is 40.5 Å². The van der Waals surface area contributed by atoms with E-state index in [0.717, 1.165) is 106 Å². The van der Waals surface area contributed by atoms with Gasteiger partial charge in [0.2, 0.25) is 5.91 Å². The maximum absolute atomic E-state index is 12.9. The number of amides is 2. The van der Waals surface area contributed by atoms with E-state index in [1.165, 1.54) is 53.4 Å². The van der Waals surface area contributed by atoms with Gasteiger partial charge in [-0.2, -0.15) is 18.9 Å². The number of aliphatic carboxylic acids is 1. The van der Waals surface area contributed by atoms with Crippen LogP contribution in [0.4, 0.5) is 26.4 Å². The Bertz CT molecular complexity index is 3410. The van der Waals surface area contributed by atoms with Crippen LogP contribution in [-0.4, -0.2) is 146 Å². The molecule has 3 fully saturated rings. The average Bonchev–Trinajstić information content (AvgIpc) is 4.36. The summed E-state index contributed by atoms with van der Waals surface area (Å²) in [6.07, 6.45) is 20.5. The van der Waals surface area contributed by atoms with E-state index in [2.05, 4.69) is 85.6 Å². The Morgan fingerprint density at radius 1 is 0.684 bits per heavy atom. The number of aryl methyl sites for hydroxylation is 2. The molecule has 3 saturated heterocycles. The highest BCUT2D eigenvalue weighted by Crippen LogP contribution is 2.31. The lowest BCUT2D eigenvalue weighted by Gasteiger charge is -2.33. The van der Waals surface area contributed by atoms with Gasteiger partial charge in [-0.3, -0.25) is 37.6 Å². The lowest BCUT2D eigenvalue weighted by Crippen LogP contribution is -2.48. The van der Waals surface area contributed by atoms with Crippen molar-refractivity contribution in [3.05, 3.63) is 84.5 Å². The van der Waals surface area contributed by atoms with Gasteiger partial charge in [-0.15, -0.1) is 0 Å².